The number of hydrogen-bond donors (Lipinski definition) is 2. The zero-order valence-corrected chi connectivity index (χ0v) is 23.6. The first-order valence-corrected chi connectivity index (χ1v) is 15.2. The normalized spacial score (nSPS) is 29.3. The molecular formula is C28H36F7NO4S. The maximum atomic E-state index is 13.5. The minimum atomic E-state index is -6.54. The molecule has 0 bridgehead atoms. The highest BCUT2D eigenvalue weighted by Crippen LogP contribution is 2.67. The van der Waals surface area contributed by atoms with E-state index in [1.165, 1.54) is 24.8 Å². The minimum Gasteiger partial charge on any atom is -0.387 e. The summed E-state index contributed by atoms with van der Waals surface area (Å²) in [5.41, 5.74) is 2.85. The van der Waals surface area contributed by atoms with Gasteiger partial charge in [-0.15, -0.1) is 6.58 Å². The van der Waals surface area contributed by atoms with Gasteiger partial charge in [0.2, 0.25) is 0 Å². The molecule has 0 unspecified atom stereocenters. The predicted molar refractivity (Wildman–Crippen MR) is 139 cm³/mol. The summed E-state index contributed by atoms with van der Waals surface area (Å²) in [4.78, 5) is 0. The molecule has 41 heavy (non-hydrogen) atoms. The lowest BCUT2D eigenvalue weighted by molar-refractivity contribution is -0.371. The van der Waals surface area contributed by atoms with Crippen LogP contribution in [0.4, 0.5) is 36.4 Å². The van der Waals surface area contributed by atoms with Crippen molar-refractivity contribution >= 4 is 16.0 Å². The van der Waals surface area contributed by atoms with Gasteiger partial charge in [-0.2, -0.15) is 39.2 Å². The van der Waals surface area contributed by atoms with Gasteiger partial charge in [0.15, 0.2) is 0 Å². The van der Waals surface area contributed by atoms with E-state index in [4.69, 9.17) is 4.18 Å². The van der Waals surface area contributed by atoms with Crippen LogP contribution in [0.15, 0.2) is 30.9 Å². The maximum absolute atomic E-state index is 13.5. The van der Waals surface area contributed by atoms with Crippen LogP contribution in [-0.2, 0) is 20.9 Å². The molecule has 0 heterocycles. The van der Waals surface area contributed by atoms with Crippen LogP contribution in [0.3, 0.4) is 0 Å². The van der Waals surface area contributed by atoms with Gasteiger partial charge >= 0.3 is 28.3 Å². The van der Waals surface area contributed by atoms with Gasteiger partial charge in [0.05, 0.1) is 12.3 Å². The summed E-state index contributed by atoms with van der Waals surface area (Å²) < 4.78 is 122. The first kappa shape index (κ1) is 32.1. The Bertz CT molecular complexity index is 1240. The molecule has 0 saturated heterocycles. The van der Waals surface area contributed by atoms with Crippen molar-refractivity contribution in [3.63, 3.8) is 0 Å². The molecular weight excluding hydrogens is 579 g/mol. The molecule has 3 aliphatic carbocycles. The Kier molecular flexibility index (Phi) is 8.61. The van der Waals surface area contributed by atoms with E-state index in [-0.39, 0.29) is 17.5 Å². The van der Waals surface area contributed by atoms with E-state index in [9.17, 15) is 44.3 Å². The molecule has 0 aliphatic heterocycles. The number of unbranched alkanes of at least 4 members (excludes halogenated alkanes) is 1. The fourth-order valence-corrected chi connectivity index (χ4v) is 8.37. The monoisotopic (exact) mass is 615 g/mol. The largest absolute Gasteiger partial charge is 0.459 e. The fraction of sp³-hybridized carbons (Fsp3) is 0.714. The van der Waals surface area contributed by atoms with Crippen LogP contribution in [0, 0.1) is 16.7 Å². The summed E-state index contributed by atoms with van der Waals surface area (Å²) in [6.45, 7) is 6.07. The second-order valence-corrected chi connectivity index (χ2v) is 13.4. The van der Waals surface area contributed by atoms with Crippen molar-refractivity contribution in [3.8, 4) is 0 Å². The molecule has 0 aromatic heterocycles. The number of anilines is 1. The summed E-state index contributed by atoms with van der Waals surface area (Å²) in [6, 6.07) is 5.36. The van der Waals surface area contributed by atoms with Crippen molar-refractivity contribution < 1.29 is 48.4 Å². The quantitative estimate of drug-likeness (QED) is 0.153. The Labute approximate surface area is 235 Å². The lowest BCUT2D eigenvalue weighted by atomic mass is 9.47. The molecule has 0 spiro atoms. The van der Waals surface area contributed by atoms with Crippen LogP contribution in [0.25, 0.3) is 0 Å². The third kappa shape index (κ3) is 5.74. The third-order valence-electron chi connectivity index (χ3n) is 9.66. The molecule has 232 valence electrons. The number of nitrogens with one attached hydrogen (secondary N) is 1. The molecule has 2 saturated carbocycles. The maximum Gasteiger partial charge on any atom is 0.459 e. The van der Waals surface area contributed by atoms with Gasteiger partial charge in [0.25, 0.3) is 0 Å². The van der Waals surface area contributed by atoms with Crippen LogP contribution in [0.2, 0.25) is 0 Å². The second kappa shape index (κ2) is 11.0. The SMILES string of the molecule is C=C[C@@]12CCc3cc(NS(=O)(=O)OCCCC[C@@H](O)C(F)(F)C(F)(F)C(F)(F)F)ccc3[C@H]1CC[C@]1(C)CCC[C@H]12. The molecule has 5 nitrogen and oxygen atoms in total. The first-order valence-electron chi connectivity index (χ1n) is 13.8. The van der Waals surface area contributed by atoms with Gasteiger partial charge in [0, 0.05) is 0 Å². The first-order chi connectivity index (χ1) is 18.9. The average Bonchev–Trinajstić information content (AvgIpc) is 3.29. The number of aryl methyl sites for hydroxylation is 1. The van der Waals surface area contributed by atoms with Gasteiger partial charge in [-0.1, -0.05) is 25.5 Å². The van der Waals surface area contributed by atoms with Crippen LogP contribution in [0.1, 0.15) is 81.8 Å². The summed E-state index contributed by atoms with van der Waals surface area (Å²) in [5, 5.41) is 9.28. The number of aliphatic hydroxyl groups is 1. The third-order valence-corrected chi connectivity index (χ3v) is 10.6. The van der Waals surface area contributed by atoms with Gasteiger partial charge in [-0.25, -0.2) is 0 Å². The highest BCUT2D eigenvalue weighted by atomic mass is 32.2. The van der Waals surface area contributed by atoms with Crippen molar-refractivity contribution in [3.05, 3.63) is 42.0 Å². The molecule has 1 aromatic carbocycles. The lowest BCUT2D eigenvalue weighted by Gasteiger charge is -2.56. The van der Waals surface area contributed by atoms with Crippen LogP contribution < -0.4 is 4.72 Å². The number of allylic oxidation sites excluding steroid dienone is 1. The molecule has 1 aromatic rings. The molecule has 5 atom stereocenters. The van der Waals surface area contributed by atoms with Gasteiger partial charge in [-0.3, -0.25) is 8.91 Å². The van der Waals surface area contributed by atoms with E-state index in [1.807, 2.05) is 6.07 Å². The van der Waals surface area contributed by atoms with E-state index in [0.717, 1.165) is 31.2 Å². The van der Waals surface area contributed by atoms with E-state index in [2.05, 4.69) is 24.3 Å². The molecule has 2 N–H and O–H groups in total. The van der Waals surface area contributed by atoms with Crippen molar-refractivity contribution in [2.45, 2.75) is 101 Å². The molecule has 2 fully saturated rings. The smallest absolute Gasteiger partial charge is 0.387 e. The lowest BCUT2D eigenvalue weighted by Crippen LogP contribution is -2.57. The number of fused-ring (bicyclic) bond motifs is 5. The highest BCUT2D eigenvalue weighted by Gasteiger charge is 2.75. The Morgan fingerprint density at radius 2 is 1.83 bits per heavy atom. The Morgan fingerprint density at radius 3 is 2.49 bits per heavy atom. The topological polar surface area (TPSA) is 75.6 Å². The number of alkyl halides is 7. The zero-order valence-electron chi connectivity index (χ0n) is 22.8. The van der Waals surface area contributed by atoms with Crippen molar-refractivity contribution in [2.24, 2.45) is 16.7 Å². The predicted octanol–water partition coefficient (Wildman–Crippen LogP) is 7.53. The summed E-state index contributed by atoms with van der Waals surface area (Å²) >= 11 is 0. The molecule has 0 radical (unpaired) electrons. The van der Waals surface area contributed by atoms with E-state index >= 15 is 0 Å². The van der Waals surface area contributed by atoms with Crippen molar-refractivity contribution in [1.29, 1.82) is 0 Å². The summed E-state index contributed by atoms with van der Waals surface area (Å²) in [6.07, 6.45) is -2.05. The Morgan fingerprint density at radius 1 is 1.12 bits per heavy atom. The van der Waals surface area contributed by atoms with E-state index in [0.29, 0.717) is 17.3 Å². The number of rotatable bonds is 11. The van der Waals surface area contributed by atoms with Gasteiger partial charge < -0.3 is 5.11 Å². The summed E-state index contributed by atoms with van der Waals surface area (Å²) in [7, 11) is -4.34. The molecule has 0 amide bonds. The van der Waals surface area contributed by atoms with Gasteiger partial charge in [0.1, 0.15) is 6.10 Å². The van der Waals surface area contributed by atoms with Crippen molar-refractivity contribution in [1.82, 2.24) is 0 Å². The van der Waals surface area contributed by atoms with Crippen LogP contribution in [0.5, 0.6) is 0 Å². The van der Waals surface area contributed by atoms with E-state index in [1.54, 1.807) is 12.1 Å². The van der Waals surface area contributed by atoms with Gasteiger partial charge in [-0.05, 0) is 104 Å². The second-order valence-electron chi connectivity index (χ2n) is 12.0. The molecule has 3 aliphatic rings. The Hall–Kier alpha value is -1.86. The van der Waals surface area contributed by atoms with E-state index < -0.39 is 53.9 Å². The standard InChI is InChI=1S/C28H36F7NO4S/c1-3-25-15-11-18-17-19(9-10-20(18)21(25)12-14-24(2)13-6-7-22(24)25)36-41(38,39)40-16-5-4-8-23(37)26(29,30)27(31,32)28(33,34)35/h3,9-10,17,21-23,36-37H,1,4-8,11-16H2,2H3/t21-,22-,23-,24+,25-/m1/s1. The number of halogens is 7. The number of benzene rings is 1. The fourth-order valence-electron chi connectivity index (χ4n) is 7.55. The number of hydrogen-bond acceptors (Lipinski definition) is 4. The van der Waals surface area contributed by atoms with Crippen molar-refractivity contribution in [2.75, 3.05) is 11.3 Å². The average molecular weight is 616 g/mol. The molecule has 13 heteroatoms. The highest BCUT2D eigenvalue weighted by molar-refractivity contribution is 7.88. The van der Waals surface area contributed by atoms with Crippen LogP contribution >= 0.6 is 0 Å². The summed E-state index contributed by atoms with van der Waals surface area (Å²) in [5.74, 6) is -11.3. The molecule has 4 rings (SSSR count). The number of aliphatic hydroxyl groups excluding tert-OH is 1. The minimum absolute atomic E-state index is 0.0147. The zero-order chi connectivity index (χ0) is 30.5. The Balaban J connectivity index is 1.32. The van der Waals surface area contributed by atoms with Crippen LogP contribution in [-0.4, -0.2) is 44.3 Å².